The molecule has 0 saturated heterocycles. The summed E-state index contributed by atoms with van der Waals surface area (Å²) in [6.45, 7) is 0. The fraction of sp³-hybridized carbons (Fsp3) is 0.125. The standard InChI is InChI=1S/C16H16O4/c1-19-15-8-6-12(10-16(15)20-2)4-3-11-5-7-13(17)14(18)9-11/h3-10,17-18H,1-2H3. The van der Waals surface area contributed by atoms with Gasteiger partial charge in [-0.25, -0.2) is 0 Å². The quantitative estimate of drug-likeness (QED) is 0.662. The molecule has 0 aliphatic heterocycles. The fourth-order valence-electron chi connectivity index (χ4n) is 1.79. The van der Waals surface area contributed by atoms with Gasteiger partial charge in [0.25, 0.3) is 0 Å². The van der Waals surface area contributed by atoms with Gasteiger partial charge in [-0.2, -0.15) is 0 Å². The van der Waals surface area contributed by atoms with Crippen LogP contribution < -0.4 is 9.47 Å². The van der Waals surface area contributed by atoms with E-state index in [0.717, 1.165) is 11.1 Å². The predicted octanol–water partition coefficient (Wildman–Crippen LogP) is 3.29. The highest BCUT2D eigenvalue weighted by molar-refractivity contribution is 5.72. The van der Waals surface area contributed by atoms with Crippen LogP contribution in [0.1, 0.15) is 11.1 Å². The van der Waals surface area contributed by atoms with Gasteiger partial charge in [0, 0.05) is 0 Å². The number of rotatable bonds is 4. The molecule has 0 spiro atoms. The minimum atomic E-state index is -0.139. The summed E-state index contributed by atoms with van der Waals surface area (Å²) in [5.41, 5.74) is 1.73. The van der Waals surface area contributed by atoms with Gasteiger partial charge in [-0.15, -0.1) is 0 Å². The molecular formula is C16H16O4. The maximum Gasteiger partial charge on any atom is 0.161 e. The maximum absolute atomic E-state index is 9.43. The third-order valence-electron chi connectivity index (χ3n) is 2.88. The Labute approximate surface area is 117 Å². The van der Waals surface area contributed by atoms with Crippen molar-refractivity contribution in [3.05, 3.63) is 47.5 Å². The molecule has 4 heteroatoms. The summed E-state index contributed by atoms with van der Waals surface area (Å²) < 4.78 is 10.4. The number of aromatic hydroxyl groups is 2. The van der Waals surface area contributed by atoms with E-state index in [2.05, 4.69) is 0 Å². The Hall–Kier alpha value is -2.62. The average molecular weight is 272 g/mol. The van der Waals surface area contributed by atoms with Gasteiger partial charge < -0.3 is 19.7 Å². The lowest BCUT2D eigenvalue weighted by atomic mass is 10.1. The van der Waals surface area contributed by atoms with Gasteiger partial charge in [0.2, 0.25) is 0 Å². The summed E-state index contributed by atoms with van der Waals surface area (Å²) in [5.74, 6) is 1.06. The maximum atomic E-state index is 9.43. The smallest absolute Gasteiger partial charge is 0.161 e. The Morgan fingerprint density at radius 3 is 1.95 bits per heavy atom. The fourth-order valence-corrected chi connectivity index (χ4v) is 1.79. The van der Waals surface area contributed by atoms with E-state index in [1.54, 1.807) is 20.3 Å². The highest BCUT2D eigenvalue weighted by atomic mass is 16.5. The van der Waals surface area contributed by atoms with Crippen LogP contribution in [-0.2, 0) is 0 Å². The van der Waals surface area contributed by atoms with Crippen molar-refractivity contribution >= 4 is 12.2 Å². The lowest BCUT2D eigenvalue weighted by Crippen LogP contribution is -1.90. The summed E-state index contributed by atoms with van der Waals surface area (Å²) in [5, 5.41) is 18.7. The Morgan fingerprint density at radius 2 is 1.35 bits per heavy atom. The number of methoxy groups -OCH3 is 2. The van der Waals surface area contributed by atoms with Crippen molar-refractivity contribution in [2.45, 2.75) is 0 Å². The molecule has 2 rings (SSSR count). The Balaban J connectivity index is 2.24. The van der Waals surface area contributed by atoms with E-state index < -0.39 is 0 Å². The Kier molecular flexibility index (Phi) is 4.15. The van der Waals surface area contributed by atoms with Crippen molar-refractivity contribution < 1.29 is 19.7 Å². The van der Waals surface area contributed by atoms with E-state index in [9.17, 15) is 10.2 Å². The van der Waals surface area contributed by atoms with Crippen LogP contribution in [0.3, 0.4) is 0 Å². The van der Waals surface area contributed by atoms with Crippen molar-refractivity contribution in [2.24, 2.45) is 0 Å². The van der Waals surface area contributed by atoms with Gasteiger partial charge in [0.05, 0.1) is 14.2 Å². The molecule has 0 unspecified atom stereocenters. The molecule has 2 aromatic carbocycles. The monoisotopic (exact) mass is 272 g/mol. The largest absolute Gasteiger partial charge is 0.504 e. The molecule has 4 nitrogen and oxygen atoms in total. The molecule has 0 heterocycles. The lowest BCUT2D eigenvalue weighted by Gasteiger charge is -2.07. The molecule has 2 aromatic rings. The summed E-state index contributed by atoms with van der Waals surface area (Å²) >= 11 is 0. The molecule has 0 saturated carbocycles. The first-order valence-electron chi connectivity index (χ1n) is 6.06. The minimum Gasteiger partial charge on any atom is -0.504 e. The van der Waals surface area contributed by atoms with Gasteiger partial charge in [0.1, 0.15) is 0 Å². The van der Waals surface area contributed by atoms with Crippen LogP contribution in [0.4, 0.5) is 0 Å². The lowest BCUT2D eigenvalue weighted by molar-refractivity contribution is 0.355. The van der Waals surface area contributed by atoms with Crippen LogP contribution in [0.2, 0.25) is 0 Å². The number of hydrogen-bond donors (Lipinski definition) is 2. The molecule has 20 heavy (non-hydrogen) atoms. The molecule has 104 valence electrons. The predicted molar refractivity (Wildman–Crippen MR) is 78.2 cm³/mol. The van der Waals surface area contributed by atoms with Gasteiger partial charge >= 0.3 is 0 Å². The number of benzene rings is 2. The van der Waals surface area contributed by atoms with Crippen LogP contribution in [0.25, 0.3) is 12.2 Å². The van der Waals surface area contributed by atoms with Crippen molar-refractivity contribution in [3.8, 4) is 23.0 Å². The summed E-state index contributed by atoms with van der Waals surface area (Å²) in [4.78, 5) is 0. The van der Waals surface area contributed by atoms with Crippen LogP contribution >= 0.6 is 0 Å². The summed E-state index contributed by atoms with van der Waals surface area (Å²) in [6.07, 6.45) is 3.72. The van der Waals surface area contributed by atoms with Crippen molar-refractivity contribution in [2.75, 3.05) is 14.2 Å². The average Bonchev–Trinajstić information content (AvgIpc) is 2.48. The second-order valence-electron chi connectivity index (χ2n) is 4.20. The minimum absolute atomic E-state index is 0.131. The SMILES string of the molecule is COc1ccc(C=Cc2ccc(O)c(O)c2)cc1OC. The number of phenols is 2. The Morgan fingerprint density at radius 1 is 0.750 bits per heavy atom. The first kappa shape index (κ1) is 13.8. The topological polar surface area (TPSA) is 58.9 Å². The highest BCUT2D eigenvalue weighted by Crippen LogP contribution is 2.29. The normalized spacial score (nSPS) is 10.7. The summed E-state index contributed by atoms with van der Waals surface area (Å²) in [7, 11) is 3.18. The van der Waals surface area contributed by atoms with Gasteiger partial charge in [0.15, 0.2) is 23.0 Å². The van der Waals surface area contributed by atoms with Crippen molar-refractivity contribution in [1.82, 2.24) is 0 Å². The number of ether oxygens (including phenoxy) is 2. The zero-order valence-electron chi connectivity index (χ0n) is 11.3. The molecule has 0 aliphatic rings. The molecule has 0 fully saturated rings. The first-order chi connectivity index (χ1) is 9.63. The van der Waals surface area contributed by atoms with Crippen LogP contribution in [0, 0.1) is 0 Å². The van der Waals surface area contributed by atoms with E-state index >= 15 is 0 Å². The van der Waals surface area contributed by atoms with E-state index in [0.29, 0.717) is 11.5 Å². The van der Waals surface area contributed by atoms with E-state index in [4.69, 9.17) is 9.47 Å². The number of hydrogen-bond acceptors (Lipinski definition) is 4. The molecule has 0 bridgehead atoms. The molecule has 0 radical (unpaired) electrons. The first-order valence-corrected chi connectivity index (χ1v) is 6.06. The molecule has 2 N–H and O–H groups in total. The molecule has 0 aromatic heterocycles. The van der Waals surface area contributed by atoms with Gasteiger partial charge in [-0.3, -0.25) is 0 Å². The Bertz CT molecular complexity index is 632. The zero-order valence-corrected chi connectivity index (χ0v) is 11.3. The molecule has 0 amide bonds. The van der Waals surface area contributed by atoms with Gasteiger partial charge in [-0.1, -0.05) is 24.3 Å². The van der Waals surface area contributed by atoms with Crippen molar-refractivity contribution in [1.29, 1.82) is 0 Å². The second-order valence-corrected chi connectivity index (χ2v) is 4.20. The van der Waals surface area contributed by atoms with E-state index in [-0.39, 0.29) is 11.5 Å². The van der Waals surface area contributed by atoms with Crippen LogP contribution in [0.15, 0.2) is 36.4 Å². The summed E-state index contributed by atoms with van der Waals surface area (Å²) in [6, 6.07) is 10.2. The molecule has 0 aliphatic carbocycles. The van der Waals surface area contributed by atoms with Crippen LogP contribution in [-0.4, -0.2) is 24.4 Å². The third kappa shape index (κ3) is 3.03. The van der Waals surface area contributed by atoms with Crippen molar-refractivity contribution in [3.63, 3.8) is 0 Å². The third-order valence-corrected chi connectivity index (χ3v) is 2.88. The van der Waals surface area contributed by atoms with Crippen LogP contribution in [0.5, 0.6) is 23.0 Å². The highest BCUT2D eigenvalue weighted by Gasteiger charge is 2.03. The second kappa shape index (κ2) is 6.02. The van der Waals surface area contributed by atoms with E-state index in [1.807, 2.05) is 30.4 Å². The molecule has 0 atom stereocenters. The van der Waals surface area contributed by atoms with E-state index in [1.165, 1.54) is 12.1 Å². The number of phenolic OH excluding ortho intramolecular Hbond substituents is 2. The zero-order chi connectivity index (χ0) is 14.5. The molecular weight excluding hydrogens is 256 g/mol. The van der Waals surface area contributed by atoms with Gasteiger partial charge in [-0.05, 0) is 35.4 Å².